The van der Waals surface area contributed by atoms with Crippen LogP contribution in [0.1, 0.15) is 23.3 Å². The molecule has 208 valence electrons. The van der Waals surface area contributed by atoms with Gasteiger partial charge in [0.15, 0.2) is 0 Å². The summed E-state index contributed by atoms with van der Waals surface area (Å²) in [7, 11) is -0.906. The number of halogens is 3. The fourth-order valence-corrected chi connectivity index (χ4v) is 7.72. The number of benzene rings is 2. The molecule has 3 N–H and O–H groups in total. The molecular weight excluding hydrogens is 542 g/mol. The second kappa shape index (κ2) is 11.1. The van der Waals surface area contributed by atoms with Gasteiger partial charge in [-0.1, -0.05) is 24.0 Å². The highest BCUT2D eigenvalue weighted by atomic mass is 32.1. The molecule has 3 aromatic rings. The largest absolute Gasteiger partial charge is 0.495 e. The SMILES string of the molecule is COc1cc(P(C)(C)=O)ccc1NCC#Cc1sc2c(NC3CC4CNCC4C3)cccc2c1CC(F)(F)F. The predicted octanol–water partition coefficient (Wildman–Crippen LogP) is 6.14. The van der Waals surface area contributed by atoms with Crippen molar-refractivity contribution in [3.63, 3.8) is 0 Å². The van der Waals surface area contributed by atoms with Crippen molar-refractivity contribution in [3.05, 3.63) is 46.8 Å². The van der Waals surface area contributed by atoms with Gasteiger partial charge in [-0.2, -0.15) is 13.2 Å². The van der Waals surface area contributed by atoms with Crippen LogP contribution in [0.5, 0.6) is 5.75 Å². The maximum absolute atomic E-state index is 13.6. The van der Waals surface area contributed by atoms with Crippen LogP contribution in [-0.4, -0.2) is 52.3 Å². The molecule has 5 nitrogen and oxygen atoms in total. The Morgan fingerprint density at radius 1 is 1.13 bits per heavy atom. The first-order chi connectivity index (χ1) is 18.5. The fraction of sp³-hybridized carbons (Fsp3) is 0.448. The number of methoxy groups -OCH3 is 1. The first-order valence-corrected chi connectivity index (χ1v) is 16.5. The average molecular weight is 576 g/mol. The van der Waals surface area contributed by atoms with Gasteiger partial charge < -0.3 is 25.3 Å². The van der Waals surface area contributed by atoms with E-state index in [1.54, 1.807) is 37.6 Å². The van der Waals surface area contributed by atoms with Gasteiger partial charge in [0.2, 0.25) is 0 Å². The van der Waals surface area contributed by atoms with Gasteiger partial charge in [-0.25, -0.2) is 0 Å². The summed E-state index contributed by atoms with van der Waals surface area (Å²) < 4.78 is 59.4. The number of alkyl halides is 3. The van der Waals surface area contributed by atoms with E-state index in [2.05, 4.69) is 27.8 Å². The summed E-state index contributed by atoms with van der Waals surface area (Å²) in [6, 6.07) is 11.2. The number of ether oxygens (including phenoxy) is 1. The molecule has 10 heteroatoms. The van der Waals surface area contributed by atoms with Crippen molar-refractivity contribution < 1.29 is 22.5 Å². The van der Waals surface area contributed by atoms with Crippen LogP contribution in [0.2, 0.25) is 0 Å². The third-order valence-electron chi connectivity index (χ3n) is 7.59. The van der Waals surface area contributed by atoms with E-state index in [-0.39, 0.29) is 12.1 Å². The first kappa shape index (κ1) is 27.9. The van der Waals surface area contributed by atoms with Crippen LogP contribution >= 0.6 is 18.5 Å². The quantitative estimate of drug-likeness (QED) is 0.234. The molecule has 1 aromatic heterocycles. The van der Waals surface area contributed by atoms with Crippen molar-refractivity contribution in [1.82, 2.24) is 5.32 Å². The minimum atomic E-state index is -4.34. The lowest BCUT2D eigenvalue weighted by Gasteiger charge is -2.16. The van der Waals surface area contributed by atoms with Gasteiger partial charge >= 0.3 is 6.18 Å². The zero-order chi connectivity index (χ0) is 27.8. The third-order valence-corrected chi connectivity index (χ3v) is 10.3. The van der Waals surface area contributed by atoms with Gasteiger partial charge in [0.1, 0.15) is 12.9 Å². The molecule has 0 amide bonds. The Kier molecular flexibility index (Phi) is 7.92. The number of thiophene rings is 1. The van der Waals surface area contributed by atoms with E-state index in [1.165, 1.54) is 18.4 Å². The van der Waals surface area contributed by atoms with Gasteiger partial charge in [-0.15, -0.1) is 11.3 Å². The first-order valence-electron chi connectivity index (χ1n) is 13.1. The number of rotatable bonds is 7. The number of nitrogens with one attached hydrogen (secondary N) is 3. The van der Waals surface area contributed by atoms with E-state index < -0.39 is 19.7 Å². The maximum Gasteiger partial charge on any atom is 0.393 e. The van der Waals surface area contributed by atoms with Crippen LogP contribution in [0.25, 0.3) is 10.1 Å². The van der Waals surface area contributed by atoms with E-state index in [9.17, 15) is 17.7 Å². The van der Waals surface area contributed by atoms with Crippen molar-refractivity contribution in [3.8, 4) is 17.6 Å². The molecule has 1 saturated carbocycles. The van der Waals surface area contributed by atoms with Gasteiger partial charge in [-0.3, -0.25) is 0 Å². The van der Waals surface area contributed by atoms with Crippen LogP contribution in [0.15, 0.2) is 36.4 Å². The molecule has 2 aromatic carbocycles. The Balaban J connectivity index is 1.38. The van der Waals surface area contributed by atoms with Gasteiger partial charge in [0, 0.05) is 11.3 Å². The van der Waals surface area contributed by atoms with Crippen molar-refractivity contribution in [2.75, 3.05) is 50.7 Å². The van der Waals surface area contributed by atoms with Crippen LogP contribution in [0.3, 0.4) is 0 Å². The van der Waals surface area contributed by atoms with Crippen molar-refractivity contribution in [1.29, 1.82) is 0 Å². The highest BCUT2D eigenvalue weighted by Crippen LogP contribution is 2.42. The van der Waals surface area contributed by atoms with Crippen LogP contribution < -0.4 is 26.0 Å². The summed E-state index contributed by atoms with van der Waals surface area (Å²) in [6.07, 6.45) is -3.21. The van der Waals surface area contributed by atoms with Crippen LogP contribution in [0.4, 0.5) is 24.5 Å². The second-order valence-electron chi connectivity index (χ2n) is 10.8. The van der Waals surface area contributed by atoms with Gasteiger partial charge in [0.05, 0.1) is 41.0 Å². The highest BCUT2D eigenvalue weighted by molar-refractivity contribution is 7.70. The molecule has 2 heterocycles. The fourth-order valence-electron chi connectivity index (χ4n) is 5.69. The normalized spacial score (nSPS) is 20.9. The number of anilines is 2. The summed E-state index contributed by atoms with van der Waals surface area (Å²) in [6.45, 7) is 5.70. The summed E-state index contributed by atoms with van der Waals surface area (Å²) in [5.41, 5.74) is 1.80. The standard InChI is InChI=1S/C29H33F3N3O2PS/c1-37-26-14-21(38(2,3)36)9-10-24(26)34-11-5-8-27-23(15-29(30,31)32)22-6-4-7-25(28(22)39-27)35-20-12-18-16-33-17-19(18)13-20/h4,6-7,9-10,14,18-20,33-35H,11-13,15-17H2,1-3H3. The lowest BCUT2D eigenvalue weighted by molar-refractivity contribution is -0.126. The van der Waals surface area contributed by atoms with Crippen molar-refractivity contribution in [2.45, 2.75) is 31.5 Å². The smallest absolute Gasteiger partial charge is 0.393 e. The third kappa shape index (κ3) is 6.40. The van der Waals surface area contributed by atoms with Crippen LogP contribution in [0, 0.1) is 23.7 Å². The monoisotopic (exact) mass is 575 g/mol. The lowest BCUT2D eigenvalue weighted by atomic mass is 10.0. The molecule has 2 aliphatic rings. The van der Waals surface area contributed by atoms with E-state index in [0.29, 0.717) is 44.9 Å². The minimum absolute atomic E-state index is 0.218. The van der Waals surface area contributed by atoms with E-state index in [4.69, 9.17) is 4.74 Å². The van der Waals surface area contributed by atoms with E-state index >= 15 is 0 Å². The summed E-state index contributed by atoms with van der Waals surface area (Å²) in [5, 5.41) is 11.6. The molecule has 5 rings (SSSR count). The summed E-state index contributed by atoms with van der Waals surface area (Å²) >= 11 is 1.32. The predicted molar refractivity (Wildman–Crippen MR) is 156 cm³/mol. The average Bonchev–Trinajstić information content (AvgIpc) is 3.55. The molecular formula is C29H33F3N3O2PS. The Labute approximate surface area is 231 Å². The minimum Gasteiger partial charge on any atom is -0.495 e. The second-order valence-corrected chi connectivity index (χ2v) is 15.0. The van der Waals surface area contributed by atoms with E-state index in [0.717, 1.165) is 36.3 Å². The number of fused-ring (bicyclic) bond motifs is 2. The molecule has 39 heavy (non-hydrogen) atoms. The molecule has 0 spiro atoms. The van der Waals surface area contributed by atoms with E-state index in [1.807, 2.05) is 12.1 Å². The number of hydrogen-bond donors (Lipinski definition) is 3. The Hall–Kier alpha value is -2.66. The topological polar surface area (TPSA) is 62.4 Å². The zero-order valence-electron chi connectivity index (χ0n) is 22.2. The maximum atomic E-state index is 13.6. The van der Waals surface area contributed by atoms with Gasteiger partial charge in [-0.05, 0) is 86.3 Å². The molecule has 0 radical (unpaired) electrons. The molecule has 2 unspecified atom stereocenters. The van der Waals surface area contributed by atoms with Gasteiger partial charge in [0.25, 0.3) is 0 Å². The van der Waals surface area contributed by atoms with Crippen LogP contribution in [-0.2, 0) is 11.0 Å². The number of hydrogen-bond acceptors (Lipinski definition) is 6. The highest BCUT2D eigenvalue weighted by Gasteiger charge is 2.37. The summed E-state index contributed by atoms with van der Waals surface area (Å²) in [4.78, 5) is 0.436. The Morgan fingerprint density at radius 2 is 1.87 bits per heavy atom. The molecule has 2 atom stereocenters. The Bertz CT molecular complexity index is 1460. The molecule has 2 fully saturated rings. The molecule has 1 saturated heterocycles. The summed E-state index contributed by atoms with van der Waals surface area (Å²) in [5.74, 6) is 7.88. The molecule has 1 aliphatic carbocycles. The van der Waals surface area contributed by atoms with Crippen molar-refractivity contribution >= 4 is 45.2 Å². The molecule has 1 aliphatic heterocycles. The van der Waals surface area contributed by atoms with Crippen molar-refractivity contribution in [2.24, 2.45) is 11.8 Å². The molecule has 0 bridgehead atoms. The Morgan fingerprint density at radius 3 is 2.54 bits per heavy atom. The lowest BCUT2D eigenvalue weighted by Crippen LogP contribution is -2.20. The zero-order valence-corrected chi connectivity index (χ0v) is 24.0.